The molecule has 0 N–H and O–H groups in total. The van der Waals surface area contributed by atoms with Gasteiger partial charge in [-0.15, -0.1) is 0 Å². The molecule has 0 radical (unpaired) electrons. The Balaban J connectivity index is 2.45. The van der Waals surface area contributed by atoms with E-state index in [0.29, 0.717) is 18.3 Å². The zero-order valence-electron chi connectivity index (χ0n) is 8.83. The zero-order valence-corrected chi connectivity index (χ0v) is 9.59. The molecule has 0 saturated carbocycles. The number of halogens is 1. The molecule has 1 aliphatic heterocycles. The fourth-order valence-corrected chi connectivity index (χ4v) is 2.34. The number of nitrogens with zero attached hydrogens (tertiary/aromatic N) is 1. The predicted octanol–water partition coefficient (Wildman–Crippen LogP) is 2.05. The number of ether oxygens (including phenoxy) is 1. The summed E-state index contributed by atoms with van der Waals surface area (Å²) in [6.45, 7) is 3.91. The smallest absolute Gasteiger partial charge is 0.305 e. The molecule has 0 unspecified atom stereocenters. The Bertz CT molecular complexity index is 199. The third-order valence-electron chi connectivity index (χ3n) is 3.02. The molecular formula is C10H18ClNO2. The average Bonchev–Trinajstić information content (AvgIpc) is 2.20. The van der Waals surface area contributed by atoms with E-state index in [1.54, 1.807) is 0 Å². The molecule has 0 aromatic rings. The number of rotatable bonds is 3. The first kappa shape index (κ1) is 11.8. The Morgan fingerprint density at radius 1 is 1.57 bits per heavy atom. The van der Waals surface area contributed by atoms with Gasteiger partial charge in [0.2, 0.25) is 0 Å². The Morgan fingerprint density at radius 2 is 2.29 bits per heavy atom. The van der Waals surface area contributed by atoms with Gasteiger partial charge in [0.25, 0.3) is 0 Å². The highest BCUT2D eigenvalue weighted by atomic mass is 35.5. The van der Waals surface area contributed by atoms with E-state index in [1.807, 2.05) is 4.42 Å². The van der Waals surface area contributed by atoms with E-state index in [-0.39, 0.29) is 5.97 Å². The van der Waals surface area contributed by atoms with E-state index in [0.717, 1.165) is 25.9 Å². The summed E-state index contributed by atoms with van der Waals surface area (Å²) in [6.07, 6.45) is 2.61. The number of hydrogen-bond acceptors (Lipinski definition) is 3. The highest BCUT2D eigenvalue weighted by molar-refractivity contribution is 6.13. The van der Waals surface area contributed by atoms with E-state index in [1.165, 1.54) is 7.11 Å². The molecule has 82 valence electrons. The van der Waals surface area contributed by atoms with Crippen molar-refractivity contribution in [1.82, 2.24) is 4.42 Å². The third kappa shape index (κ3) is 3.14. The lowest BCUT2D eigenvalue weighted by atomic mass is 9.82. The summed E-state index contributed by atoms with van der Waals surface area (Å²) in [5, 5.41) is 0. The molecule has 0 aromatic heterocycles. The van der Waals surface area contributed by atoms with Gasteiger partial charge in [-0.05, 0) is 30.0 Å². The average molecular weight is 220 g/mol. The first-order valence-electron chi connectivity index (χ1n) is 5.14. The van der Waals surface area contributed by atoms with Crippen LogP contribution in [0, 0.1) is 11.8 Å². The van der Waals surface area contributed by atoms with Gasteiger partial charge in [-0.2, -0.15) is 0 Å². The molecule has 4 heteroatoms. The van der Waals surface area contributed by atoms with Gasteiger partial charge in [-0.25, -0.2) is 4.42 Å². The van der Waals surface area contributed by atoms with Gasteiger partial charge >= 0.3 is 5.97 Å². The van der Waals surface area contributed by atoms with Crippen LogP contribution in [0.15, 0.2) is 0 Å². The van der Waals surface area contributed by atoms with Crippen LogP contribution >= 0.6 is 11.8 Å². The minimum absolute atomic E-state index is 0.100. The second-order valence-electron chi connectivity index (χ2n) is 3.87. The van der Waals surface area contributed by atoms with Crippen molar-refractivity contribution in [2.24, 2.45) is 11.8 Å². The van der Waals surface area contributed by atoms with Crippen LogP contribution in [-0.2, 0) is 9.53 Å². The number of hydrogen-bond donors (Lipinski definition) is 0. The molecule has 0 spiro atoms. The fourth-order valence-electron chi connectivity index (χ4n) is 2.06. The Hall–Kier alpha value is -0.280. The van der Waals surface area contributed by atoms with Crippen molar-refractivity contribution in [3.8, 4) is 0 Å². The molecule has 0 amide bonds. The van der Waals surface area contributed by atoms with Crippen LogP contribution in [0.2, 0.25) is 0 Å². The van der Waals surface area contributed by atoms with Crippen LogP contribution in [0.3, 0.4) is 0 Å². The van der Waals surface area contributed by atoms with E-state index < -0.39 is 0 Å². The van der Waals surface area contributed by atoms with Crippen molar-refractivity contribution >= 4 is 17.7 Å². The second-order valence-corrected chi connectivity index (χ2v) is 4.34. The minimum Gasteiger partial charge on any atom is -0.469 e. The molecule has 0 aliphatic carbocycles. The molecular weight excluding hydrogens is 202 g/mol. The van der Waals surface area contributed by atoms with Crippen molar-refractivity contribution in [2.75, 3.05) is 20.2 Å². The SMILES string of the molecule is CC[C@H]1CN(Cl)CC[C@H]1CC(=O)OC. The van der Waals surface area contributed by atoms with Gasteiger partial charge in [-0.1, -0.05) is 13.3 Å². The van der Waals surface area contributed by atoms with Crippen molar-refractivity contribution in [2.45, 2.75) is 26.2 Å². The number of esters is 1. The fraction of sp³-hybridized carbons (Fsp3) is 0.900. The van der Waals surface area contributed by atoms with Gasteiger partial charge in [0.05, 0.1) is 7.11 Å². The van der Waals surface area contributed by atoms with E-state index in [2.05, 4.69) is 11.7 Å². The summed E-state index contributed by atoms with van der Waals surface area (Å²) in [7, 11) is 1.44. The topological polar surface area (TPSA) is 29.5 Å². The van der Waals surface area contributed by atoms with Crippen LogP contribution < -0.4 is 0 Å². The quantitative estimate of drug-likeness (QED) is 0.538. The van der Waals surface area contributed by atoms with Gasteiger partial charge in [0.15, 0.2) is 0 Å². The van der Waals surface area contributed by atoms with Gasteiger partial charge in [-0.3, -0.25) is 4.79 Å². The lowest BCUT2D eigenvalue weighted by molar-refractivity contribution is -0.142. The molecule has 14 heavy (non-hydrogen) atoms. The summed E-state index contributed by atoms with van der Waals surface area (Å²) in [4.78, 5) is 11.2. The molecule has 0 aromatic carbocycles. The highest BCUT2D eigenvalue weighted by Crippen LogP contribution is 2.29. The molecule has 1 fully saturated rings. The highest BCUT2D eigenvalue weighted by Gasteiger charge is 2.29. The number of carbonyl (C=O) groups is 1. The monoisotopic (exact) mass is 219 g/mol. The summed E-state index contributed by atoms with van der Waals surface area (Å²) >= 11 is 5.94. The summed E-state index contributed by atoms with van der Waals surface area (Å²) in [6, 6.07) is 0. The number of methoxy groups -OCH3 is 1. The van der Waals surface area contributed by atoms with Crippen molar-refractivity contribution in [3.05, 3.63) is 0 Å². The summed E-state index contributed by atoms with van der Waals surface area (Å²) in [5.74, 6) is 0.874. The lowest BCUT2D eigenvalue weighted by Gasteiger charge is -2.34. The Kier molecular flexibility index (Phi) is 4.69. The van der Waals surface area contributed by atoms with Crippen molar-refractivity contribution < 1.29 is 9.53 Å². The first-order chi connectivity index (χ1) is 6.67. The molecule has 2 atom stereocenters. The van der Waals surface area contributed by atoms with E-state index >= 15 is 0 Å². The molecule has 0 bridgehead atoms. The molecule has 1 aliphatic rings. The van der Waals surface area contributed by atoms with E-state index in [9.17, 15) is 4.79 Å². The number of carbonyl (C=O) groups excluding carboxylic acids is 1. The van der Waals surface area contributed by atoms with Crippen LogP contribution in [0.4, 0.5) is 0 Å². The standard InChI is InChI=1S/C10H18ClNO2/c1-3-8-7-12(11)5-4-9(8)6-10(13)14-2/h8-9H,3-7H2,1-2H3/t8-,9-/m0/s1. The Labute approximate surface area is 90.5 Å². The van der Waals surface area contributed by atoms with Crippen molar-refractivity contribution in [1.29, 1.82) is 0 Å². The second kappa shape index (κ2) is 5.56. The maximum atomic E-state index is 11.2. The first-order valence-corrected chi connectivity index (χ1v) is 5.48. The largest absolute Gasteiger partial charge is 0.469 e. The third-order valence-corrected chi connectivity index (χ3v) is 3.33. The molecule has 3 nitrogen and oxygen atoms in total. The van der Waals surface area contributed by atoms with E-state index in [4.69, 9.17) is 11.8 Å². The maximum absolute atomic E-state index is 11.2. The van der Waals surface area contributed by atoms with Gasteiger partial charge in [0.1, 0.15) is 0 Å². The summed E-state index contributed by atoms with van der Waals surface area (Å²) in [5.41, 5.74) is 0. The van der Waals surface area contributed by atoms with Gasteiger partial charge in [0, 0.05) is 19.5 Å². The van der Waals surface area contributed by atoms with Crippen LogP contribution in [0.1, 0.15) is 26.2 Å². The van der Waals surface area contributed by atoms with Gasteiger partial charge < -0.3 is 4.74 Å². The van der Waals surface area contributed by atoms with Crippen LogP contribution in [0.5, 0.6) is 0 Å². The van der Waals surface area contributed by atoms with Crippen LogP contribution in [0.25, 0.3) is 0 Å². The maximum Gasteiger partial charge on any atom is 0.305 e. The zero-order chi connectivity index (χ0) is 10.6. The van der Waals surface area contributed by atoms with Crippen molar-refractivity contribution in [3.63, 3.8) is 0 Å². The normalized spacial score (nSPS) is 28.8. The predicted molar refractivity (Wildman–Crippen MR) is 55.9 cm³/mol. The molecule has 1 rings (SSSR count). The van der Waals surface area contributed by atoms with Crippen LogP contribution in [-0.4, -0.2) is 30.6 Å². The minimum atomic E-state index is -0.100. The molecule has 1 saturated heterocycles. The number of piperidine rings is 1. The molecule has 1 heterocycles. The lowest BCUT2D eigenvalue weighted by Crippen LogP contribution is -2.36. The summed E-state index contributed by atoms with van der Waals surface area (Å²) < 4.78 is 6.51. The Morgan fingerprint density at radius 3 is 2.86 bits per heavy atom.